The van der Waals surface area contributed by atoms with E-state index in [1.54, 1.807) is 18.3 Å². The normalized spacial score (nSPS) is 10.8. The van der Waals surface area contributed by atoms with Crippen molar-refractivity contribution in [1.29, 1.82) is 0 Å². The minimum absolute atomic E-state index is 0.0663. The van der Waals surface area contributed by atoms with Gasteiger partial charge in [0.1, 0.15) is 5.82 Å². The Kier molecular flexibility index (Phi) is 3.10. The summed E-state index contributed by atoms with van der Waals surface area (Å²) >= 11 is 0. The number of nitrogens with two attached hydrogens (primary N) is 1. The standard InChI is InChI=1S/C15H11FN4O2/c1-2-8-12(15(21)22)19-14(20-13(8)17)9-4-3-7-5-6-18-11(7)10(9)16/h2-6,18H,1H2,(H,21,22)(H2,17,19,20). The lowest BCUT2D eigenvalue weighted by Crippen LogP contribution is -2.10. The minimum Gasteiger partial charge on any atom is -0.476 e. The molecule has 22 heavy (non-hydrogen) atoms. The van der Waals surface area contributed by atoms with Crippen LogP contribution in [-0.2, 0) is 0 Å². The van der Waals surface area contributed by atoms with Gasteiger partial charge in [0.15, 0.2) is 17.3 Å². The number of H-pyrrole nitrogens is 1. The second-order valence-corrected chi connectivity index (χ2v) is 4.57. The van der Waals surface area contributed by atoms with E-state index in [9.17, 15) is 14.3 Å². The largest absolute Gasteiger partial charge is 0.476 e. The van der Waals surface area contributed by atoms with Gasteiger partial charge in [0.2, 0.25) is 0 Å². The number of nitrogens with zero attached hydrogens (tertiary/aromatic N) is 2. The van der Waals surface area contributed by atoms with Crippen molar-refractivity contribution in [3.63, 3.8) is 0 Å². The van der Waals surface area contributed by atoms with Crippen molar-refractivity contribution in [2.45, 2.75) is 0 Å². The smallest absolute Gasteiger partial charge is 0.355 e. The number of anilines is 1. The summed E-state index contributed by atoms with van der Waals surface area (Å²) in [5.41, 5.74) is 5.89. The molecule has 0 bridgehead atoms. The van der Waals surface area contributed by atoms with E-state index in [1.807, 2.05) is 0 Å². The zero-order valence-electron chi connectivity index (χ0n) is 11.3. The Morgan fingerprint density at radius 2 is 2.14 bits per heavy atom. The number of fused-ring (bicyclic) bond motifs is 1. The van der Waals surface area contributed by atoms with E-state index in [0.717, 1.165) is 0 Å². The van der Waals surface area contributed by atoms with E-state index in [4.69, 9.17) is 5.73 Å². The van der Waals surface area contributed by atoms with Crippen molar-refractivity contribution >= 4 is 28.8 Å². The number of hydrogen-bond acceptors (Lipinski definition) is 4. The summed E-state index contributed by atoms with van der Waals surface area (Å²) in [6.07, 6.45) is 2.86. The summed E-state index contributed by atoms with van der Waals surface area (Å²) < 4.78 is 14.5. The lowest BCUT2D eigenvalue weighted by atomic mass is 10.1. The molecule has 1 aromatic carbocycles. The highest BCUT2D eigenvalue weighted by atomic mass is 19.1. The monoisotopic (exact) mass is 298 g/mol. The molecule has 3 rings (SSSR count). The highest BCUT2D eigenvalue weighted by molar-refractivity contribution is 5.93. The number of rotatable bonds is 3. The first-order valence-electron chi connectivity index (χ1n) is 6.32. The van der Waals surface area contributed by atoms with Crippen molar-refractivity contribution < 1.29 is 14.3 Å². The number of hydrogen-bond donors (Lipinski definition) is 3. The number of aromatic amines is 1. The number of nitrogens with one attached hydrogen (secondary N) is 1. The van der Waals surface area contributed by atoms with Gasteiger partial charge in [0.25, 0.3) is 0 Å². The Bertz CT molecular complexity index is 917. The maximum absolute atomic E-state index is 14.5. The summed E-state index contributed by atoms with van der Waals surface area (Å²) in [6.45, 7) is 3.49. The minimum atomic E-state index is -1.29. The molecular formula is C15H11FN4O2. The lowest BCUT2D eigenvalue weighted by molar-refractivity contribution is 0.0690. The van der Waals surface area contributed by atoms with Crippen LogP contribution in [0, 0.1) is 5.82 Å². The van der Waals surface area contributed by atoms with Crippen LogP contribution in [0.15, 0.2) is 31.0 Å². The lowest BCUT2D eigenvalue weighted by Gasteiger charge is -2.08. The fourth-order valence-electron chi connectivity index (χ4n) is 2.24. The van der Waals surface area contributed by atoms with Crippen molar-refractivity contribution in [3.8, 4) is 11.4 Å². The molecule has 6 nitrogen and oxygen atoms in total. The van der Waals surface area contributed by atoms with Gasteiger partial charge in [-0.1, -0.05) is 18.7 Å². The number of carboxylic acid groups (broad SMARTS) is 1. The van der Waals surface area contributed by atoms with Crippen molar-refractivity contribution in [1.82, 2.24) is 15.0 Å². The zero-order valence-corrected chi connectivity index (χ0v) is 11.3. The molecule has 0 spiro atoms. The third-order valence-electron chi connectivity index (χ3n) is 3.29. The van der Waals surface area contributed by atoms with E-state index in [-0.39, 0.29) is 28.5 Å². The fourth-order valence-corrected chi connectivity index (χ4v) is 2.24. The van der Waals surface area contributed by atoms with Gasteiger partial charge in [0, 0.05) is 17.1 Å². The first kappa shape index (κ1) is 13.7. The molecule has 7 heteroatoms. The SMILES string of the molecule is C=Cc1c(N)nc(-c2ccc3cc[nH]c3c2F)nc1C(=O)O. The van der Waals surface area contributed by atoms with E-state index in [1.165, 1.54) is 12.1 Å². The highest BCUT2D eigenvalue weighted by Crippen LogP contribution is 2.28. The number of halogens is 1. The number of aromatic carboxylic acids is 1. The molecule has 0 radical (unpaired) electrons. The van der Waals surface area contributed by atoms with E-state index >= 15 is 0 Å². The summed E-state index contributed by atoms with van der Waals surface area (Å²) in [4.78, 5) is 22.0. The van der Waals surface area contributed by atoms with Gasteiger partial charge < -0.3 is 15.8 Å². The Hall–Kier alpha value is -3.22. The van der Waals surface area contributed by atoms with Crippen LogP contribution in [-0.4, -0.2) is 26.0 Å². The average Bonchev–Trinajstić information content (AvgIpc) is 2.96. The third-order valence-corrected chi connectivity index (χ3v) is 3.29. The van der Waals surface area contributed by atoms with Crippen molar-refractivity contribution in [3.05, 3.63) is 48.0 Å². The number of carbonyl (C=O) groups is 1. The van der Waals surface area contributed by atoms with Gasteiger partial charge in [-0.05, 0) is 12.1 Å². The molecule has 0 aliphatic carbocycles. The Morgan fingerprint density at radius 3 is 2.82 bits per heavy atom. The molecule has 0 saturated heterocycles. The van der Waals surface area contributed by atoms with Crippen LogP contribution in [0.5, 0.6) is 0 Å². The molecule has 2 heterocycles. The predicted molar refractivity (Wildman–Crippen MR) is 80.7 cm³/mol. The van der Waals surface area contributed by atoms with E-state index < -0.39 is 11.8 Å². The molecule has 0 aliphatic heterocycles. The Balaban J connectivity index is 2.28. The Labute approximate surface area is 124 Å². The Morgan fingerprint density at radius 1 is 1.36 bits per heavy atom. The van der Waals surface area contributed by atoms with E-state index in [2.05, 4.69) is 21.5 Å². The molecule has 0 atom stereocenters. The molecule has 0 amide bonds. The average molecular weight is 298 g/mol. The van der Waals surface area contributed by atoms with Gasteiger partial charge in [0.05, 0.1) is 11.1 Å². The predicted octanol–water partition coefficient (Wildman–Crippen LogP) is 2.69. The zero-order chi connectivity index (χ0) is 15.9. The van der Waals surface area contributed by atoms with Crippen molar-refractivity contribution in [2.24, 2.45) is 0 Å². The van der Waals surface area contributed by atoms with Gasteiger partial charge >= 0.3 is 5.97 Å². The molecule has 4 N–H and O–H groups in total. The first-order valence-corrected chi connectivity index (χ1v) is 6.32. The molecule has 0 unspecified atom stereocenters. The molecular weight excluding hydrogens is 287 g/mol. The molecule has 0 fully saturated rings. The van der Waals surface area contributed by atoms with Gasteiger partial charge in [-0.2, -0.15) is 0 Å². The third kappa shape index (κ3) is 1.99. The van der Waals surface area contributed by atoms with Crippen LogP contribution in [0.25, 0.3) is 28.4 Å². The second-order valence-electron chi connectivity index (χ2n) is 4.57. The maximum Gasteiger partial charge on any atom is 0.355 e. The van der Waals surface area contributed by atoms with Gasteiger partial charge in [-0.25, -0.2) is 19.2 Å². The quantitative estimate of drug-likeness (QED) is 0.689. The fraction of sp³-hybridized carbons (Fsp3) is 0. The van der Waals surface area contributed by atoms with Crippen LogP contribution in [0.3, 0.4) is 0 Å². The second kappa shape index (κ2) is 4.96. The molecule has 2 aromatic heterocycles. The summed E-state index contributed by atoms with van der Waals surface area (Å²) in [5.74, 6) is -2.01. The van der Waals surface area contributed by atoms with Crippen LogP contribution in [0.1, 0.15) is 16.1 Å². The topological polar surface area (TPSA) is 105 Å². The van der Waals surface area contributed by atoms with E-state index in [0.29, 0.717) is 10.9 Å². The van der Waals surface area contributed by atoms with Crippen LogP contribution < -0.4 is 5.73 Å². The first-order chi connectivity index (χ1) is 10.5. The van der Waals surface area contributed by atoms with Crippen LogP contribution in [0.4, 0.5) is 10.2 Å². The molecule has 0 aliphatic rings. The number of carboxylic acids is 1. The molecule has 3 aromatic rings. The summed E-state index contributed by atoms with van der Waals surface area (Å²) in [5, 5.41) is 9.90. The number of nitrogen functional groups attached to an aromatic ring is 1. The molecule has 110 valence electrons. The maximum atomic E-state index is 14.5. The van der Waals surface area contributed by atoms with Gasteiger partial charge in [-0.15, -0.1) is 0 Å². The van der Waals surface area contributed by atoms with Crippen LogP contribution in [0.2, 0.25) is 0 Å². The number of benzene rings is 1. The summed E-state index contributed by atoms with van der Waals surface area (Å²) in [6, 6.07) is 4.89. The molecule has 0 saturated carbocycles. The summed E-state index contributed by atoms with van der Waals surface area (Å²) in [7, 11) is 0. The number of aromatic nitrogens is 3. The van der Waals surface area contributed by atoms with Gasteiger partial charge in [-0.3, -0.25) is 0 Å². The van der Waals surface area contributed by atoms with Crippen molar-refractivity contribution in [2.75, 3.05) is 5.73 Å². The highest BCUT2D eigenvalue weighted by Gasteiger charge is 2.19. The van der Waals surface area contributed by atoms with Crippen LogP contribution >= 0.6 is 0 Å².